The van der Waals surface area contributed by atoms with Gasteiger partial charge in [-0.05, 0) is 52.3 Å². The highest BCUT2D eigenvalue weighted by atomic mass is 32.2. The van der Waals surface area contributed by atoms with Crippen molar-refractivity contribution in [3.63, 3.8) is 0 Å². The van der Waals surface area contributed by atoms with Crippen molar-refractivity contribution in [2.75, 3.05) is 17.3 Å². The molecule has 3 atom stereocenters. The molecule has 0 spiro atoms. The SMILES string of the molecule is COc1ccc(N2C(=O)[C@H]3[C@H](c4ccc(C(C)(C)C)cc4)c4sc(=O)n(CC(=O)Nc5cccc6ccccc56)c4S[C@H]3C2=O)cc1. The van der Waals surface area contributed by atoms with Gasteiger partial charge in [0.25, 0.3) is 0 Å². The van der Waals surface area contributed by atoms with E-state index in [1.165, 1.54) is 21.2 Å². The monoisotopic (exact) mass is 663 g/mol. The van der Waals surface area contributed by atoms with E-state index in [-0.39, 0.29) is 34.6 Å². The maximum Gasteiger partial charge on any atom is 0.308 e. The molecule has 47 heavy (non-hydrogen) atoms. The predicted octanol–water partition coefficient (Wildman–Crippen LogP) is 6.80. The van der Waals surface area contributed by atoms with E-state index in [1.54, 1.807) is 31.4 Å². The van der Waals surface area contributed by atoms with E-state index in [1.807, 2.05) is 66.7 Å². The van der Waals surface area contributed by atoms with Crippen molar-refractivity contribution >= 4 is 63.0 Å². The number of nitrogens with zero attached hydrogens (tertiary/aromatic N) is 2. The zero-order valence-electron chi connectivity index (χ0n) is 26.4. The molecule has 2 aliphatic rings. The summed E-state index contributed by atoms with van der Waals surface area (Å²) in [7, 11) is 1.56. The molecule has 5 aromatic rings. The summed E-state index contributed by atoms with van der Waals surface area (Å²) in [5.41, 5.74) is 3.02. The van der Waals surface area contributed by atoms with Crippen molar-refractivity contribution in [3.05, 3.63) is 117 Å². The Kier molecular flexibility index (Phi) is 7.80. The molecule has 1 fully saturated rings. The van der Waals surface area contributed by atoms with Crippen LogP contribution in [0.25, 0.3) is 10.8 Å². The third kappa shape index (κ3) is 5.45. The number of thiazole rings is 1. The molecule has 10 heteroatoms. The molecule has 2 aliphatic heterocycles. The van der Waals surface area contributed by atoms with Crippen molar-refractivity contribution in [3.8, 4) is 5.75 Å². The number of nitrogens with one attached hydrogen (secondary N) is 1. The van der Waals surface area contributed by atoms with E-state index in [4.69, 9.17) is 4.74 Å². The first-order valence-electron chi connectivity index (χ1n) is 15.4. The van der Waals surface area contributed by atoms with Gasteiger partial charge in [-0.25, -0.2) is 4.90 Å². The molecular formula is C37H33N3O5S2. The van der Waals surface area contributed by atoms with Crippen molar-refractivity contribution < 1.29 is 19.1 Å². The summed E-state index contributed by atoms with van der Waals surface area (Å²) in [6.07, 6.45) is 0. The van der Waals surface area contributed by atoms with Crippen LogP contribution in [0.1, 0.15) is 42.7 Å². The van der Waals surface area contributed by atoms with Gasteiger partial charge in [-0.3, -0.25) is 23.7 Å². The summed E-state index contributed by atoms with van der Waals surface area (Å²) in [5, 5.41) is 4.64. The largest absolute Gasteiger partial charge is 0.497 e. The van der Waals surface area contributed by atoms with E-state index >= 15 is 0 Å². The van der Waals surface area contributed by atoms with Crippen LogP contribution in [0.2, 0.25) is 0 Å². The highest BCUT2D eigenvalue weighted by molar-refractivity contribution is 8.00. The first kappa shape index (κ1) is 31.0. The topological polar surface area (TPSA) is 97.7 Å². The molecule has 3 amide bonds. The van der Waals surface area contributed by atoms with Crippen LogP contribution in [0.15, 0.2) is 101 Å². The summed E-state index contributed by atoms with van der Waals surface area (Å²) >= 11 is 2.25. The molecular weight excluding hydrogens is 631 g/mol. The van der Waals surface area contributed by atoms with Gasteiger partial charge in [0.15, 0.2) is 0 Å². The number of methoxy groups -OCH3 is 1. The molecule has 1 N–H and O–H groups in total. The van der Waals surface area contributed by atoms with Crippen LogP contribution in [-0.4, -0.2) is 34.6 Å². The molecule has 0 bridgehead atoms. The second kappa shape index (κ2) is 11.8. The molecule has 238 valence electrons. The fourth-order valence-corrected chi connectivity index (χ4v) is 9.23. The number of rotatable bonds is 6. The summed E-state index contributed by atoms with van der Waals surface area (Å²) in [5.74, 6) is -1.66. The van der Waals surface area contributed by atoms with Crippen LogP contribution in [0, 0.1) is 5.92 Å². The third-order valence-corrected chi connectivity index (χ3v) is 11.5. The third-order valence-electron chi connectivity index (χ3n) is 8.88. The lowest BCUT2D eigenvalue weighted by Gasteiger charge is -2.31. The van der Waals surface area contributed by atoms with Crippen molar-refractivity contribution in [1.29, 1.82) is 0 Å². The Hall–Kier alpha value is -4.67. The van der Waals surface area contributed by atoms with Crippen LogP contribution in [-0.2, 0) is 26.3 Å². The Morgan fingerprint density at radius 3 is 2.28 bits per heavy atom. The lowest BCUT2D eigenvalue weighted by Crippen LogP contribution is -2.33. The van der Waals surface area contributed by atoms with Gasteiger partial charge in [0, 0.05) is 21.9 Å². The van der Waals surface area contributed by atoms with Crippen LogP contribution in [0.3, 0.4) is 0 Å². The fraction of sp³-hybridized carbons (Fsp3) is 0.243. The molecule has 0 saturated carbocycles. The van der Waals surface area contributed by atoms with E-state index in [0.29, 0.717) is 27.0 Å². The van der Waals surface area contributed by atoms with Gasteiger partial charge in [0.2, 0.25) is 17.7 Å². The van der Waals surface area contributed by atoms with Crippen LogP contribution >= 0.6 is 23.1 Å². The van der Waals surface area contributed by atoms with Gasteiger partial charge in [-0.2, -0.15) is 0 Å². The fourth-order valence-electron chi connectivity index (χ4n) is 6.46. The number of ether oxygens (including phenoxy) is 1. The number of fused-ring (bicyclic) bond motifs is 3. The highest BCUT2D eigenvalue weighted by Gasteiger charge is 2.56. The number of carbonyl (C=O) groups excluding carboxylic acids is 3. The number of aromatic nitrogens is 1. The number of anilines is 2. The van der Waals surface area contributed by atoms with Crippen LogP contribution < -0.4 is 19.8 Å². The van der Waals surface area contributed by atoms with E-state index in [9.17, 15) is 19.2 Å². The first-order chi connectivity index (χ1) is 22.5. The lowest BCUT2D eigenvalue weighted by atomic mass is 9.81. The molecule has 1 aromatic heterocycles. The van der Waals surface area contributed by atoms with Crippen molar-refractivity contribution in [2.45, 2.75) is 48.9 Å². The summed E-state index contributed by atoms with van der Waals surface area (Å²) in [4.78, 5) is 57.0. The van der Waals surface area contributed by atoms with Crippen LogP contribution in [0.5, 0.6) is 5.75 Å². The average molecular weight is 664 g/mol. The van der Waals surface area contributed by atoms with Gasteiger partial charge in [0.05, 0.1) is 23.7 Å². The van der Waals surface area contributed by atoms with E-state index < -0.39 is 17.1 Å². The number of imide groups is 1. The van der Waals surface area contributed by atoms with Gasteiger partial charge in [0.1, 0.15) is 17.5 Å². The second-order valence-corrected chi connectivity index (χ2v) is 14.9. The van der Waals surface area contributed by atoms with E-state index in [0.717, 1.165) is 33.2 Å². The Labute approximate surface area is 280 Å². The number of carbonyl (C=O) groups is 3. The summed E-state index contributed by atoms with van der Waals surface area (Å²) in [6, 6.07) is 28.4. The Morgan fingerprint density at radius 2 is 1.57 bits per heavy atom. The molecule has 0 unspecified atom stereocenters. The van der Waals surface area contributed by atoms with Gasteiger partial charge < -0.3 is 10.1 Å². The van der Waals surface area contributed by atoms with Gasteiger partial charge in [-0.15, -0.1) is 0 Å². The molecule has 0 radical (unpaired) electrons. The number of hydrogen-bond acceptors (Lipinski definition) is 7. The molecule has 7 rings (SSSR count). The predicted molar refractivity (Wildman–Crippen MR) is 187 cm³/mol. The smallest absolute Gasteiger partial charge is 0.308 e. The number of amides is 3. The quantitative estimate of drug-likeness (QED) is 0.201. The Balaban J connectivity index is 1.28. The standard InChI is InChI=1S/C37H33N3O5S2/c1-37(2,3)23-14-12-22(13-15-23)29-30-31(34(43)40(33(30)42)24-16-18-25(45-4)19-17-24)46-35-32(29)47-36(44)39(35)20-28(41)38-27-11-7-9-21-8-5-6-10-26(21)27/h5-19,29-31H,20H2,1-4H3,(H,38,41)/t29-,30-,31+/m0/s1. The first-order valence-corrected chi connectivity index (χ1v) is 17.0. The zero-order valence-corrected chi connectivity index (χ0v) is 28.0. The van der Waals surface area contributed by atoms with Crippen molar-refractivity contribution in [1.82, 2.24) is 4.57 Å². The molecule has 8 nitrogen and oxygen atoms in total. The van der Waals surface area contributed by atoms with Gasteiger partial charge in [-0.1, -0.05) is 105 Å². The number of hydrogen-bond donors (Lipinski definition) is 1. The highest BCUT2D eigenvalue weighted by Crippen LogP contribution is 2.54. The minimum atomic E-state index is -0.772. The maximum atomic E-state index is 14.2. The normalized spacial score (nSPS) is 19.1. The second-order valence-electron chi connectivity index (χ2n) is 12.8. The lowest BCUT2D eigenvalue weighted by molar-refractivity contribution is -0.122. The minimum absolute atomic E-state index is 0.0788. The summed E-state index contributed by atoms with van der Waals surface area (Å²) in [6.45, 7) is 6.18. The Bertz CT molecular complexity index is 2090. The number of benzene rings is 4. The average Bonchev–Trinajstić information content (AvgIpc) is 3.50. The molecule has 3 heterocycles. The minimum Gasteiger partial charge on any atom is -0.497 e. The number of thioether (sulfide) groups is 1. The Morgan fingerprint density at radius 1 is 0.872 bits per heavy atom. The molecule has 1 saturated heterocycles. The zero-order chi connectivity index (χ0) is 33.0. The maximum absolute atomic E-state index is 14.2. The molecule has 4 aromatic carbocycles. The molecule has 0 aliphatic carbocycles. The van der Waals surface area contributed by atoms with E-state index in [2.05, 4.69) is 26.1 Å². The van der Waals surface area contributed by atoms with Gasteiger partial charge >= 0.3 is 4.87 Å². The van der Waals surface area contributed by atoms with Crippen LogP contribution in [0.4, 0.5) is 11.4 Å². The summed E-state index contributed by atoms with van der Waals surface area (Å²) < 4.78 is 6.73. The van der Waals surface area contributed by atoms with Crippen molar-refractivity contribution in [2.24, 2.45) is 5.92 Å².